The van der Waals surface area contributed by atoms with Gasteiger partial charge in [-0.1, -0.05) is 33.6 Å². The first-order valence-electron chi connectivity index (χ1n) is 7.67. The standard InChI is InChI=1S/C15H32O6/c1-4-15(3,5-2)12(10-20-13(6-16)7-17)11-21-14(8-18)9-19/h12-14,16-19H,4-11H2,1-3H3. The van der Waals surface area contributed by atoms with Gasteiger partial charge in [-0.2, -0.15) is 0 Å². The molecule has 0 heterocycles. The second kappa shape index (κ2) is 11.3. The van der Waals surface area contributed by atoms with Crippen LogP contribution in [0.4, 0.5) is 0 Å². The van der Waals surface area contributed by atoms with Crippen molar-refractivity contribution in [3.63, 3.8) is 0 Å². The minimum absolute atomic E-state index is 0.00901. The van der Waals surface area contributed by atoms with E-state index in [1.165, 1.54) is 0 Å². The van der Waals surface area contributed by atoms with Gasteiger partial charge in [-0.3, -0.25) is 0 Å². The third-order valence-corrected chi connectivity index (χ3v) is 4.48. The van der Waals surface area contributed by atoms with Crippen LogP contribution in [-0.2, 0) is 9.47 Å². The molecule has 4 N–H and O–H groups in total. The van der Waals surface area contributed by atoms with Crippen LogP contribution in [0.25, 0.3) is 0 Å². The van der Waals surface area contributed by atoms with E-state index in [-0.39, 0.29) is 37.8 Å². The van der Waals surface area contributed by atoms with Crippen molar-refractivity contribution in [2.24, 2.45) is 11.3 Å². The zero-order chi connectivity index (χ0) is 16.3. The van der Waals surface area contributed by atoms with E-state index in [0.717, 1.165) is 12.8 Å². The summed E-state index contributed by atoms with van der Waals surface area (Å²) in [6.45, 7) is 6.14. The predicted octanol–water partition coefficient (Wildman–Crippen LogP) is 0.169. The molecule has 0 aromatic rings. The maximum absolute atomic E-state index is 9.07. The van der Waals surface area contributed by atoms with Gasteiger partial charge < -0.3 is 29.9 Å². The normalized spacial score (nSPS) is 12.9. The van der Waals surface area contributed by atoms with E-state index < -0.39 is 12.2 Å². The van der Waals surface area contributed by atoms with Crippen LogP contribution in [0.5, 0.6) is 0 Å². The Balaban J connectivity index is 4.68. The first-order valence-corrected chi connectivity index (χ1v) is 7.67. The molecule has 0 aromatic heterocycles. The van der Waals surface area contributed by atoms with Gasteiger partial charge in [0.1, 0.15) is 12.2 Å². The van der Waals surface area contributed by atoms with Gasteiger partial charge in [0, 0.05) is 5.92 Å². The lowest BCUT2D eigenvalue weighted by molar-refractivity contribution is -0.0959. The topological polar surface area (TPSA) is 99.4 Å². The van der Waals surface area contributed by atoms with Crippen LogP contribution < -0.4 is 0 Å². The van der Waals surface area contributed by atoms with Crippen molar-refractivity contribution in [3.8, 4) is 0 Å². The number of hydrogen-bond donors (Lipinski definition) is 4. The molecule has 0 saturated carbocycles. The minimum atomic E-state index is -0.586. The van der Waals surface area contributed by atoms with E-state index in [0.29, 0.717) is 13.2 Å². The van der Waals surface area contributed by atoms with Crippen LogP contribution in [-0.4, -0.2) is 72.3 Å². The molecule has 0 atom stereocenters. The molecule has 0 bridgehead atoms. The number of ether oxygens (including phenoxy) is 2. The Bertz CT molecular complexity index is 220. The molecule has 0 unspecified atom stereocenters. The lowest BCUT2D eigenvalue weighted by Crippen LogP contribution is -2.38. The van der Waals surface area contributed by atoms with Crippen LogP contribution in [0.15, 0.2) is 0 Å². The molecule has 0 amide bonds. The maximum Gasteiger partial charge on any atom is 0.104 e. The van der Waals surface area contributed by atoms with Crippen LogP contribution in [0, 0.1) is 11.3 Å². The monoisotopic (exact) mass is 308 g/mol. The summed E-state index contributed by atoms with van der Waals surface area (Å²) < 4.78 is 11.1. The Kier molecular flexibility index (Phi) is 11.2. The SMILES string of the molecule is CCC(C)(CC)C(COC(CO)CO)COC(CO)CO. The summed E-state index contributed by atoms with van der Waals surface area (Å²) in [5.74, 6) is 0.0497. The summed E-state index contributed by atoms with van der Waals surface area (Å²) >= 11 is 0. The van der Waals surface area contributed by atoms with Crippen LogP contribution in [0.1, 0.15) is 33.6 Å². The van der Waals surface area contributed by atoms with E-state index in [1.807, 2.05) is 0 Å². The summed E-state index contributed by atoms with van der Waals surface area (Å²) in [5.41, 5.74) is -0.00901. The molecule has 0 aliphatic heterocycles. The predicted molar refractivity (Wildman–Crippen MR) is 80.0 cm³/mol. The van der Waals surface area contributed by atoms with Crippen molar-refractivity contribution in [1.82, 2.24) is 0 Å². The fourth-order valence-electron chi connectivity index (χ4n) is 2.11. The van der Waals surface area contributed by atoms with Gasteiger partial charge in [-0.05, 0) is 5.41 Å². The van der Waals surface area contributed by atoms with Crippen LogP contribution >= 0.6 is 0 Å². The van der Waals surface area contributed by atoms with E-state index >= 15 is 0 Å². The molecule has 0 radical (unpaired) electrons. The van der Waals surface area contributed by atoms with Crippen molar-refractivity contribution >= 4 is 0 Å². The zero-order valence-corrected chi connectivity index (χ0v) is 13.5. The summed E-state index contributed by atoms with van der Waals surface area (Å²) in [6.07, 6.45) is 0.702. The molecule has 0 fully saturated rings. The molecule has 6 nitrogen and oxygen atoms in total. The molecule has 128 valence electrons. The third kappa shape index (κ3) is 7.04. The second-order valence-electron chi connectivity index (χ2n) is 5.70. The average Bonchev–Trinajstić information content (AvgIpc) is 2.53. The molecule has 21 heavy (non-hydrogen) atoms. The first-order chi connectivity index (χ1) is 10.0. The molecule has 0 rings (SSSR count). The second-order valence-corrected chi connectivity index (χ2v) is 5.70. The van der Waals surface area contributed by atoms with Crippen LogP contribution in [0.2, 0.25) is 0 Å². The van der Waals surface area contributed by atoms with Crippen molar-refractivity contribution < 1.29 is 29.9 Å². The smallest absolute Gasteiger partial charge is 0.104 e. The van der Waals surface area contributed by atoms with Gasteiger partial charge in [0.2, 0.25) is 0 Å². The van der Waals surface area contributed by atoms with Crippen molar-refractivity contribution in [2.75, 3.05) is 39.6 Å². The summed E-state index contributed by atoms with van der Waals surface area (Å²) in [7, 11) is 0. The molecule has 0 spiro atoms. The zero-order valence-electron chi connectivity index (χ0n) is 13.5. The van der Waals surface area contributed by atoms with Gasteiger partial charge in [0.25, 0.3) is 0 Å². The van der Waals surface area contributed by atoms with Gasteiger partial charge in [-0.25, -0.2) is 0 Å². The Labute approximate surface area is 127 Å². The summed E-state index contributed by atoms with van der Waals surface area (Å²) in [6, 6.07) is 0. The number of aliphatic hydroxyl groups excluding tert-OH is 4. The quantitative estimate of drug-likeness (QED) is 0.387. The highest BCUT2D eigenvalue weighted by Gasteiger charge is 2.32. The van der Waals surface area contributed by atoms with E-state index in [4.69, 9.17) is 29.9 Å². The lowest BCUT2D eigenvalue weighted by Gasteiger charge is -2.37. The van der Waals surface area contributed by atoms with Gasteiger partial charge in [-0.15, -0.1) is 0 Å². The fourth-order valence-corrected chi connectivity index (χ4v) is 2.11. The van der Waals surface area contributed by atoms with Crippen molar-refractivity contribution in [2.45, 2.75) is 45.8 Å². The average molecular weight is 308 g/mol. The number of rotatable bonds is 13. The Morgan fingerprint density at radius 3 is 1.33 bits per heavy atom. The highest BCUT2D eigenvalue weighted by Crippen LogP contribution is 2.35. The van der Waals surface area contributed by atoms with Gasteiger partial charge in [0.05, 0.1) is 39.6 Å². The van der Waals surface area contributed by atoms with Crippen LogP contribution in [0.3, 0.4) is 0 Å². The van der Waals surface area contributed by atoms with Gasteiger partial charge in [0.15, 0.2) is 0 Å². The van der Waals surface area contributed by atoms with E-state index in [2.05, 4.69) is 20.8 Å². The number of aliphatic hydroxyl groups is 4. The Hall–Kier alpha value is -0.240. The van der Waals surface area contributed by atoms with Gasteiger partial charge >= 0.3 is 0 Å². The largest absolute Gasteiger partial charge is 0.394 e. The molecule has 0 saturated heterocycles. The Morgan fingerprint density at radius 1 is 0.762 bits per heavy atom. The third-order valence-electron chi connectivity index (χ3n) is 4.48. The fraction of sp³-hybridized carbons (Fsp3) is 1.00. The van der Waals surface area contributed by atoms with E-state index in [9.17, 15) is 0 Å². The minimum Gasteiger partial charge on any atom is -0.394 e. The molecule has 0 aliphatic rings. The molecule has 0 aromatic carbocycles. The highest BCUT2D eigenvalue weighted by atomic mass is 16.5. The number of hydrogen-bond acceptors (Lipinski definition) is 6. The van der Waals surface area contributed by atoms with Crippen molar-refractivity contribution in [1.29, 1.82) is 0 Å². The van der Waals surface area contributed by atoms with Crippen molar-refractivity contribution in [3.05, 3.63) is 0 Å². The van der Waals surface area contributed by atoms with E-state index in [1.54, 1.807) is 0 Å². The molecule has 0 aliphatic carbocycles. The first kappa shape index (κ1) is 20.8. The summed E-state index contributed by atoms with van der Waals surface area (Å²) in [4.78, 5) is 0. The highest BCUT2D eigenvalue weighted by molar-refractivity contribution is 4.81. The maximum atomic E-state index is 9.07. The Morgan fingerprint density at radius 2 is 1.10 bits per heavy atom. The molecular weight excluding hydrogens is 276 g/mol. The lowest BCUT2D eigenvalue weighted by atomic mass is 9.73. The molecule has 6 heteroatoms. The molecular formula is C15H32O6. The summed E-state index contributed by atoms with van der Waals surface area (Å²) in [5, 5.41) is 36.3.